The molecule has 1 heterocycles. The lowest BCUT2D eigenvalue weighted by molar-refractivity contribution is -0.135. The number of rotatable bonds is 6. The highest BCUT2D eigenvalue weighted by molar-refractivity contribution is 5.91. The molecule has 1 unspecified atom stereocenters. The second-order valence-electron chi connectivity index (χ2n) is 5.97. The van der Waals surface area contributed by atoms with Crippen LogP contribution in [0.2, 0.25) is 0 Å². The maximum atomic E-state index is 12.3. The van der Waals surface area contributed by atoms with E-state index in [-0.39, 0.29) is 18.6 Å². The summed E-state index contributed by atoms with van der Waals surface area (Å²) in [7, 11) is 1.69. The van der Waals surface area contributed by atoms with Gasteiger partial charge in [0.05, 0.1) is 17.3 Å². The van der Waals surface area contributed by atoms with Crippen molar-refractivity contribution < 1.29 is 14.3 Å². The first-order valence-electron chi connectivity index (χ1n) is 8.37. The predicted molar refractivity (Wildman–Crippen MR) is 97.1 cm³/mol. The van der Waals surface area contributed by atoms with E-state index in [4.69, 9.17) is 4.74 Å². The quantitative estimate of drug-likeness (QED) is 0.621. The summed E-state index contributed by atoms with van der Waals surface area (Å²) in [4.78, 5) is 26.1. The van der Waals surface area contributed by atoms with Gasteiger partial charge in [0.25, 0.3) is 5.91 Å². The molecule has 8 heteroatoms. The van der Waals surface area contributed by atoms with E-state index < -0.39 is 5.97 Å². The lowest BCUT2D eigenvalue weighted by Gasteiger charge is -2.25. The summed E-state index contributed by atoms with van der Waals surface area (Å²) in [5, 5.41) is 10.9. The normalized spacial score (nSPS) is 11.6. The molecule has 3 aromatic rings. The number of amides is 1. The number of hydrogen-bond donors (Lipinski definition) is 0. The first-order valence-corrected chi connectivity index (χ1v) is 8.37. The van der Waals surface area contributed by atoms with E-state index >= 15 is 0 Å². The van der Waals surface area contributed by atoms with Crippen LogP contribution in [-0.4, -0.2) is 50.6 Å². The smallest absolute Gasteiger partial charge is 0.338 e. The summed E-state index contributed by atoms with van der Waals surface area (Å²) in [5.41, 5.74) is 2.07. The molecular weight excluding hydrogens is 346 g/mol. The highest BCUT2D eigenvalue weighted by Crippen LogP contribution is 2.18. The van der Waals surface area contributed by atoms with E-state index in [9.17, 15) is 9.59 Å². The molecule has 0 saturated carbocycles. The predicted octanol–water partition coefficient (Wildman–Crippen LogP) is 2.04. The van der Waals surface area contributed by atoms with Gasteiger partial charge in [0, 0.05) is 7.05 Å². The Morgan fingerprint density at radius 1 is 1.11 bits per heavy atom. The maximum Gasteiger partial charge on any atom is 0.338 e. The molecule has 0 aliphatic rings. The van der Waals surface area contributed by atoms with Crippen molar-refractivity contribution in [3.63, 3.8) is 0 Å². The van der Waals surface area contributed by atoms with Gasteiger partial charge in [-0.2, -0.15) is 0 Å². The highest BCUT2D eigenvalue weighted by Gasteiger charge is 2.19. The number of carbonyl (C=O) groups excluding carboxylic acids is 2. The summed E-state index contributed by atoms with van der Waals surface area (Å²) >= 11 is 0. The zero-order chi connectivity index (χ0) is 19.2. The average molecular weight is 365 g/mol. The van der Waals surface area contributed by atoms with Gasteiger partial charge in [-0.1, -0.05) is 30.3 Å². The van der Waals surface area contributed by atoms with Gasteiger partial charge >= 0.3 is 5.97 Å². The van der Waals surface area contributed by atoms with Crippen LogP contribution in [0.5, 0.6) is 0 Å². The number of hydrogen-bond acceptors (Lipinski definition) is 6. The molecule has 1 atom stereocenters. The maximum absolute atomic E-state index is 12.3. The van der Waals surface area contributed by atoms with Crippen molar-refractivity contribution in [2.45, 2.75) is 13.0 Å². The van der Waals surface area contributed by atoms with Crippen molar-refractivity contribution in [2.75, 3.05) is 13.7 Å². The molecule has 0 aliphatic heterocycles. The van der Waals surface area contributed by atoms with Crippen LogP contribution in [0.3, 0.4) is 0 Å². The van der Waals surface area contributed by atoms with Crippen LogP contribution >= 0.6 is 0 Å². The minimum Gasteiger partial charge on any atom is -0.452 e. The third kappa shape index (κ3) is 4.35. The van der Waals surface area contributed by atoms with E-state index in [1.165, 1.54) is 11.0 Å². The van der Waals surface area contributed by atoms with Crippen LogP contribution in [0.1, 0.15) is 28.9 Å². The zero-order valence-corrected chi connectivity index (χ0v) is 15.0. The molecule has 8 nitrogen and oxygen atoms in total. The summed E-state index contributed by atoms with van der Waals surface area (Å²) in [6, 6.07) is 16.1. The Balaban J connectivity index is 1.56. The van der Waals surface area contributed by atoms with Crippen LogP contribution in [0.4, 0.5) is 0 Å². The Labute approximate surface area is 156 Å². The lowest BCUT2D eigenvalue weighted by atomic mass is 10.1. The van der Waals surface area contributed by atoms with Gasteiger partial charge in [0.2, 0.25) is 0 Å². The summed E-state index contributed by atoms with van der Waals surface area (Å²) in [6.45, 7) is 1.61. The Morgan fingerprint density at radius 2 is 1.81 bits per heavy atom. The second kappa shape index (κ2) is 8.22. The molecule has 138 valence electrons. The molecule has 0 fully saturated rings. The number of benzene rings is 2. The van der Waals surface area contributed by atoms with Gasteiger partial charge in [-0.05, 0) is 47.2 Å². The van der Waals surface area contributed by atoms with Crippen LogP contribution in [0, 0.1) is 0 Å². The largest absolute Gasteiger partial charge is 0.452 e. The van der Waals surface area contributed by atoms with Crippen LogP contribution < -0.4 is 0 Å². The van der Waals surface area contributed by atoms with E-state index in [2.05, 4.69) is 15.5 Å². The fourth-order valence-electron chi connectivity index (χ4n) is 2.51. The molecule has 2 aromatic carbocycles. The average Bonchev–Trinajstić information content (AvgIpc) is 3.26. The van der Waals surface area contributed by atoms with E-state index in [1.807, 2.05) is 37.3 Å². The molecule has 0 radical (unpaired) electrons. The number of ether oxygens (including phenoxy) is 1. The monoisotopic (exact) mass is 365 g/mol. The Bertz CT molecular complexity index is 895. The number of esters is 1. The standard InChI is InChI=1S/C19H19N5O3/c1-14(15-6-4-3-5-7-15)23(2)18(25)12-27-19(26)16-8-10-17(11-9-16)24-13-20-21-22-24/h3-11,13-14H,12H2,1-2H3. The van der Waals surface area contributed by atoms with Crippen molar-refractivity contribution in [1.82, 2.24) is 25.1 Å². The molecule has 0 bridgehead atoms. The van der Waals surface area contributed by atoms with Gasteiger partial charge in [0.15, 0.2) is 6.61 Å². The van der Waals surface area contributed by atoms with Gasteiger partial charge in [-0.25, -0.2) is 9.48 Å². The first kappa shape index (κ1) is 18.2. The van der Waals surface area contributed by atoms with Crippen molar-refractivity contribution >= 4 is 11.9 Å². The van der Waals surface area contributed by atoms with Crippen molar-refractivity contribution in [3.05, 3.63) is 72.1 Å². The number of likely N-dealkylation sites (N-methyl/N-ethyl adjacent to an activating group) is 1. The van der Waals surface area contributed by atoms with E-state index in [0.29, 0.717) is 11.3 Å². The first-order chi connectivity index (χ1) is 13.1. The SMILES string of the molecule is CC(c1ccccc1)N(C)C(=O)COC(=O)c1ccc(-n2cnnn2)cc1. The minimum absolute atomic E-state index is 0.118. The zero-order valence-electron chi connectivity index (χ0n) is 15.0. The highest BCUT2D eigenvalue weighted by atomic mass is 16.5. The molecule has 0 aliphatic carbocycles. The Morgan fingerprint density at radius 3 is 2.44 bits per heavy atom. The second-order valence-corrected chi connectivity index (χ2v) is 5.97. The number of carbonyl (C=O) groups is 2. The molecule has 0 spiro atoms. The summed E-state index contributed by atoms with van der Waals surface area (Å²) in [5.74, 6) is -0.836. The van der Waals surface area contributed by atoms with Crippen LogP contribution in [0.15, 0.2) is 60.9 Å². The van der Waals surface area contributed by atoms with Gasteiger partial charge in [-0.15, -0.1) is 5.10 Å². The Hall–Kier alpha value is -3.55. The third-order valence-corrected chi connectivity index (χ3v) is 4.30. The summed E-state index contributed by atoms with van der Waals surface area (Å²) in [6.07, 6.45) is 1.45. The molecule has 0 N–H and O–H groups in total. The fourth-order valence-corrected chi connectivity index (χ4v) is 2.51. The third-order valence-electron chi connectivity index (χ3n) is 4.30. The lowest BCUT2D eigenvalue weighted by Crippen LogP contribution is -2.33. The number of nitrogens with zero attached hydrogens (tertiary/aromatic N) is 5. The van der Waals surface area contributed by atoms with Gasteiger partial charge in [0.1, 0.15) is 6.33 Å². The van der Waals surface area contributed by atoms with Crippen molar-refractivity contribution in [2.24, 2.45) is 0 Å². The minimum atomic E-state index is -0.563. The van der Waals surface area contributed by atoms with E-state index in [0.717, 1.165) is 5.56 Å². The van der Waals surface area contributed by atoms with Crippen molar-refractivity contribution in [1.29, 1.82) is 0 Å². The molecular formula is C19H19N5O3. The molecule has 27 heavy (non-hydrogen) atoms. The fraction of sp³-hybridized carbons (Fsp3) is 0.211. The van der Waals surface area contributed by atoms with Gasteiger partial charge < -0.3 is 9.64 Å². The van der Waals surface area contributed by atoms with Crippen LogP contribution in [-0.2, 0) is 9.53 Å². The van der Waals surface area contributed by atoms with Gasteiger partial charge in [-0.3, -0.25) is 4.79 Å². The topological polar surface area (TPSA) is 90.2 Å². The molecule has 1 amide bonds. The summed E-state index contributed by atoms with van der Waals surface area (Å²) < 4.78 is 6.62. The number of tetrazole rings is 1. The molecule has 3 rings (SSSR count). The van der Waals surface area contributed by atoms with E-state index in [1.54, 1.807) is 36.2 Å². The van der Waals surface area contributed by atoms with Crippen LogP contribution in [0.25, 0.3) is 5.69 Å². The Kier molecular flexibility index (Phi) is 5.55. The molecule has 0 saturated heterocycles. The molecule has 1 aromatic heterocycles. The van der Waals surface area contributed by atoms with Crippen molar-refractivity contribution in [3.8, 4) is 5.69 Å². The number of aromatic nitrogens is 4.